The molecule has 2 aromatic rings. The highest BCUT2D eigenvalue weighted by Crippen LogP contribution is 2.28. The maximum absolute atomic E-state index is 12.2. The zero-order valence-electron chi connectivity index (χ0n) is 14.8. The van der Waals surface area contributed by atoms with Gasteiger partial charge in [-0.2, -0.15) is 0 Å². The van der Waals surface area contributed by atoms with Crippen LogP contribution in [0.15, 0.2) is 54.6 Å². The van der Waals surface area contributed by atoms with Gasteiger partial charge < -0.3 is 10.4 Å². The first-order valence-corrected chi connectivity index (χ1v) is 8.59. The van der Waals surface area contributed by atoms with Crippen LogP contribution in [-0.4, -0.2) is 23.5 Å². The molecule has 2 rings (SSSR count). The Morgan fingerprint density at radius 1 is 1.04 bits per heavy atom. The Morgan fingerprint density at radius 2 is 1.68 bits per heavy atom. The fourth-order valence-corrected chi connectivity index (χ4v) is 3.02. The number of aryl methyl sites for hydroxylation is 2. The highest BCUT2D eigenvalue weighted by Gasteiger charge is 2.38. The quantitative estimate of drug-likeness (QED) is 0.774. The number of nitrogens with one attached hydrogen (secondary N) is 1. The van der Waals surface area contributed by atoms with E-state index in [1.807, 2.05) is 56.3 Å². The van der Waals surface area contributed by atoms with Crippen LogP contribution in [0.25, 0.3) is 0 Å². The number of amides is 1. The predicted octanol–water partition coefficient (Wildman–Crippen LogP) is 3.48. The van der Waals surface area contributed by atoms with Crippen molar-refractivity contribution >= 4 is 11.9 Å². The monoisotopic (exact) mass is 339 g/mol. The second kappa shape index (κ2) is 8.47. The zero-order chi connectivity index (χ0) is 18.3. The Labute approximate surface area is 148 Å². The summed E-state index contributed by atoms with van der Waals surface area (Å²) in [6.45, 7) is 3.95. The molecule has 0 saturated heterocycles. The first-order chi connectivity index (χ1) is 12.0. The minimum atomic E-state index is -1.10. The minimum Gasteiger partial charge on any atom is -0.481 e. The van der Waals surface area contributed by atoms with Crippen molar-refractivity contribution in [3.63, 3.8) is 0 Å². The van der Waals surface area contributed by atoms with Crippen molar-refractivity contribution < 1.29 is 14.7 Å². The summed E-state index contributed by atoms with van der Waals surface area (Å²) in [6.07, 6.45) is 1.40. The van der Waals surface area contributed by atoms with E-state index in [1.54, 1.807) is 12.1 Å². The van der Waals surface area contributed by atoms with E-state index >= 15 is 0 Å². The van der Waals surface area contributed by atoms with Crippen LogP contribution in [0.2, 0.25) is 0 Å². The van der Waals surface area contributed by atoms with E-state index in [-0.39, 0.29) is 12.5 Å². The van der Waals surface area contributed by atoms with Gasteiger partial charge in [-0.1, -0.05) is 61.5 Å². The van der Waals surface area contributed by atoms with Crippen molar-refractivity contribution in [1.82, 2.24) is 5.32 Å². The van der Waals surface area contributed by atoms with Crippen molar-refractivity contribution in [1.29, 1.82) is 0 Å². The molecule has 0 bridgehead atoms. The van der Waals surface area contributed by atoms with Crippen molar-refractivity contribution in [2.75, 3.05) is 6.54 Å². The highest BCUT2D eigenvalue weighted by molar-refractivity contribution is 5.83. The Kier molecular flexibility index (Phi) is 6.34. The summed E-state index contributed by atoms with van der Waals surface area (Å²) in [5.74, 6) is -1.04. The summed E-state index contributed by atoms with van der Waals surface area (Å²) >= 11 is 0. The minimum absolute atomic E-state index is 0.0927. The van der Waals surface area contributed by atoms with Crippen molar-refractivity contribution in [2.24, 2.45) is 0 Å². The smallest absolute Gasteiger partial charge is 0.315 e. The Hall–Kier alpha value is -2.62. The van der Waals surface area contributed by atoms with Gasteiger partial charge in [-0.3, -0.25) is 9.59 Å². The molecule has 0 saturated carbocycles. The standard InChI is InChI=1S/C21H25NO3/c1-3-21(20(24)25,18-11-5-4-6-12-18)15-22-19(23)14-13-17-10-8-7-9-16(17)2/h4-12H,3,13-15H2,1-2H3,(H,22,23)(H,24,25). The molecule has 0 aliphatic rings. The van der Waals surface area contributed by atoms with Crippen LogP contribution >= 0.6 is 0 Å². The topological polar surface area (TPSA) is 66.4 Å². The zero-order valence-corrected chi connectivity index (χ0v) is 14.8. The summed E-state index contributed by atoms with van der Waals surface area (Å²) < 4.78 is 0. The maximum Gasteiger partial charge on any atom is 0.315 e. The predicted molar refractivity (Wildman–Crippen MR) is 98.6 cm³/mol. The number of carbonyl (C=O) groups excluding carboxylic acids is 1. The van der Waals surface area contributed by atoms with Gasteiger partial charge in [0.1, 0.15) is 5.41 Å². The van der Waals surface area contributed by atoms with Gasteiger partial charge >= 0.3 is 5.97 Å². The van der Waals surface area contributed by atoms with E-state index in [1.165, 1.54) is 0 Å². The molecule has 4 heteroatoms. The Bertz CT molecular complexity index is 727. The van der Waals surface area contributed by atoms with Crippen molar-refractivity contribution in [3.05, 3.63) is 71.3 Å². The number of aliphatic carboxylic acids is 1. The van der Waals surface area contributed by atoms with Crippen LogP contribution in [0.1, 0.15) is 36.5 Å². The van der Waals surface area contributed by atoms with Gasteiger partial charge in [0, 0.05) is 13.0 Å². The lowest BCUT2D eigenvalue weighted by Crippen LogP contribution is -2.46. The molecule has 0 aliphatic carbocycles. The normalized spacial score (nSPS) is 13.0. The molecule has 1 amide bonds. The van der Waals surface area contributed by atoms with E-state index < -0.39 is 11.4 Å². The maximum atomic E-state index is 12.2. The number of rotatable bonds is 8. The van der Waals surface area contributed by atoms with Gasteiger partial charge in [0.25, 0.3) is 0 Å². The van der Waals surface area contributed by atoms with Gasteiger partial charge in [-0.05, 0) is 36.5 Å². The molecule has 4 nitrogen and oxygen atoms in total. The highest BCUT2D eigenvalue weighted by atomic mass is 16.4. The van der Waals surface area contributed by atoms with Gasteiger partial charge in [-0.25, -0.2) is 0 Å². The first kappa shape index (κ1) is 18.7. The molecule has 0 heterocycles. The Morgan fingerprint density at radius 3 is 2.28 bits per heavy atom. The lowest BCUT2D eigenvalue weighted by Gasteiger charge is -2.29. The van der Waals surface area contributed by atoms with E-state index in [0.717, 1.165) is 11.1 Å². The van der Waals surface area contributed by atoms with E-state index in [0.29, 0.717) is 24.8 Å². The van der Waals surface area contributed by atoms with Gasteiger partial charge in [0.15, 0.2) is 0 Å². The third-order valence-corrected chi connectivity index (χ3v) is 4.81. The second-order valence-corrected chi connectivity index (χ2v) is 6.31. The number of hydrogen-bond acceptors (Lipinski definition) is 2. The van der Waals surface area contributed by atoms with Crippen molar-refractivity contribution in [3.8, 4) is 0 Å². The lowest BCUT2D eigenvalue weighted by atomic mass is 9.78. The molecule has 25 heavy (non-hydrogen) atoms. The molecule has 132 valence electrons. The van der Waals surface area contributed by atoms with Crippen LogP contribution in [0.3, 0.4) is 0 Å². The fourth-order valence-electron chi connectivity index (χ4n) is 3.02. The summed E-state index contributed by atoms with van der Waals surface area (Å²) in [5, 5.41) is 12.6. The van der Waals surface area contributed by atoms with Crippen LogP contribution in [0, 0.1) is 6.92 Å². The molecule has 0 fully saturated rings. The van der Waals surface area contributed by atoms with E-state index in [2.05, 4.69) is 5.32 Å². The van der Waals surface area contributed by atoms with Gasteiger partial charge in [0.2, 0.25) is 5.91 Å². The number of benzene rings is 2. The summed E-state index contributed by atoms with van der Waals surface area (Å²) in [7, 11) is 0. The first-order valence-electron chi connectivity index (χ1n) is 8.59. The SMILES string of the molecule is CCC(CNC(=O)CCc1ccccc1C)(C(=O)O)c1ccccc1. The average molecular weight is 339 g/mol. The van der Waals surface area contributed by atoms with E-state index in [4.69, 9.17) is 0 Å². The molecule has 0 radical (unpaired) electrons. The fraction of sp³-hybridized carbons (Fsp3) is 0.333. The summed E-state index contributed by atoms with van der Waals surface area (Å²) in [5.41, 5.74) is 1.91. The summed E-state index contributed by atoms with van der Waals surface area (Å²) in [6, 6.07) is 17.1. The number of carboxylic acids is 1. The van der Waals surface area contributed by atoms with E-state index in [9.17, 15) is 14.7 Å². The Balaban J connectivity index is 2.02. The molecular formula is C21H25NO3. The third kappa shape index (κ3) is 4.47. The van der Waals surface area contributed by atoms with Crippen molar-refractivity contribution in [2.45, 2.75) is 38.5 Å². The molecular weight excluding hydrogens is 314 g/mol. The number of carboxylic acid groups (broad SMARTS) is 1. The lowest BCUT2D eigenvalue weighted by molar-refractivity contribution is -0.144. The van der Waals surface area contributed by atoms with Gasteiger partial charge in [0.05, 0.1) is 0 Å². The molecule has 0 aromatic heterocycles. The summed E-state index contributed by atoms with van der Waals surface area (Å²) in [4.78, 5) is 24.2. The second-order valence-electron chi connectivity index (χ2n) is 6.31. The molecule has 0 spiro atoms. The number of carbonyl (C=O) groups is 2. The van der Waals surface area contributed by atoms with Crippen LogP contribution in [-0.2, 0) is 21.4 Å². The van der Waals surface area contributed by atoms with Gasteiger partial charge in [-0.15, -0.1) is 0 Å². The molecule has 2 N–H and O–H groups in total. The van der Waals surface area contributed by atoms with Crippen LogP contribution in [0.5, 0.6) is 0 Å². The molecule has 1 unspecified atom stereocenters. The van der Waals surface area contributed by atoms with Crippen LogP contribution in [0.4, 0.5) is 0 Å². The molecule has 0 aliphatic heterocycles. The van der Waals surface area contributed by atoms with Crippen LogP contribution < -0.4 is 5.32 Å². The molecule has 1 atom stereocenters. The third-order valence-electron chi connectivity index (χ3n) is 4.81. The average Bonchev–Trinajstić information content (AvgIpc) is 2.62. The number of hydrogen-bond donors (Lipinski definition) is 2. The molecule has 2 aromatic carbocycles. The largest absolute Gasteiger partial charge is 0.481 e.